The second-order valence-corrected chi connectivity index (χ2v) is 5.86. The van der Waals surface area contributed by atoms with Crippen LogP contribution >= 0.6 is 12.2 Å². The van der Waals surface area contributed by atoms with Gasteiger partial charge in [0.05, 0.1) is 5.69 Å². The fourth-order valence-electron chi connectivity index (χ4n) is 2.68. The Bertz CT molecular complexity index is 450. The van der Waals surface area contributed by atoms with E-state index in [-0.39, 0.29) is 5.82 Å². The monoisotopic (exact) mass is 280 g/mol. The highest BCUT2D eigenvalue weighted by molar-refractivity contribution is 7.80. The van der Waals surface area contributed by atoms with Gasteiger partial charge >= 0.3 is 0 Å². The predicted molar refractivity (Wildman–Crippen MR) is 81.7 cm³/mol. The van der Waals surface area contributed by atoms with Gasteiger partial charge in [0.2, 0.25) is 0 Å². The summed E-state index contributed by atoms with van der Waals surface area (Å²) in [6.45, 7) is 4.54. The molecule has 104 valence electrons. The molecule has 1 aliphatic rings. The van der Waals surface area contributed by atoms with Crippen molar-refractivity contribution in [3.8, 4) is 0 Å². The third-order valence-corrected chi connectivity index (χ3v) is 4.37. The molecule has 2 nitrogen and oxygen atoms in total. The Kier molecular flexibility index (Phi) is 4.75. The highest BCUT2D eigenvalue weighted by atomic mass is 32.1. The molecular weight excluding hydrogens is 259 g/mol. The van der Waals surface area contributed by atoms with Gasteiger partial charge in [0.25, 0.3) is 0 Å². The van der Waals surface area contributed by atoms with Crippen LogP contribution in [0.3, 0.4) is 0 Å². The molecule has 0 bridgehead atoms. The van der Waals surface area contributed by atoms with E-state index in [9.17, 15) is 4.39 Å². The first-order chi connectivity index (χ1) is 9.08. The van der Waals surface area contributed by atoms with E-state index in [1.165, 1.54) is 18.9 Å². The van der Waals surface area contributed by atoms with Crippen LogP contribution in [-0.4, -0.2) is 11.2 Å². The van der Waals surface area contributed by atoms with E-state index in [1.54, 1.807) is 18.2 Å². The van der Waals surface area contributed by atoms with E-state index >= 15 is 0 Å². The normalized spacial score (nSPS) is 26.8. The number of hydrogen-bond acceptors (Lipinski definition) is 1. The highest BCUT2D eigenvalue weighted by Crippen LogP contribution is 2.29. The summed E-state index contributed by atoms with van der Waals surface area (Å²) in [5.74, 6) is 1.02. The van der Waals surface area contributed by atoms with E-state index in [0.717, 1.165) is 6.42 Å². The molecule has 2 N–H and O–H groups in total. The molecule has 0 radical (unpaired) electrons. The molecular formula is C15H21FN2S. The first-order valence-corrected chi connectivity index (χ1v) is 7.31. The van der Waals surface area contributed by atoms with E-state index in [4.69, 9.17) is 12.2 Å². The molecule has 1 fully saturated rings. The van der Waals surface area contributed by atoms with Gasteiger partial charge in [-0.05, 0) is 42.6 Å². The lowest BCUT2D eigenvalue weighted by Crippen LogP contribution is -2.45. The van der Waals surface area contributed by atoms with Crippen molar-refractivity contribution in [3.05, 3.63) is 30.1 Å². The molecule has 4 heteroatoms. The van der Waals surface area contributed by atoms with Crippen molar-refractivity contribution in [1.82, 2.24) is 5.32 Å². The van der Waals surface area contributed by atoms with Gasteiger partial charge in [-0.2, -0.15) is 0 Å². The van der Waals surface area contributed by atoms with Crippen LogP contribution in [0.4, 0.5) is 10.1 Å². The summed E-state index contributed by atoms with van der Waals surface area (Å²) in [7, 11) is 0. The standard InChI is InChI=1S/C15H21FN2S/c1-10-6-5-9-13(11(10)2)17-15(19)18-14-8-4-3-7-12(14)16/h3-4,7-8,10-11,13H,5-6,9H2,1-2H3,(H2,17,18,19)/t10-,11+,13+/m0/s1. The van der Waals surface area contributed by atoms with Gasteiger partial charge in [-0.15, -0.1) is 0 Å². The maximum atomic E-state index is 13.5. The third-order valence-electron chi connectivity index (χ3n) is 4.15. The number of para-hydroxylation sites is 1. The molecule has 0 aliphatic heterocycles. The molecule has 3 atom stereocenters. The Labute approximate surface area is 119 Å². The van der Waals surface area contributed by atoms with Crippen LogP contribution in [0.2, 0.25) is 0 Å². The zero-order chi connectivity index (χ0) is 13.8. The van der Waals surface area contributed by atoms with Crippen molar-refractivity contribution in [2.45, 2.75) is 39.2 Å². The minimum atomic E-state index is -0.281. The van der Waals surface area contributed by atoms with Gasteiger partial charge in [-0.3, -0.25) is 0 Å². The molecule has 1 saturated carbocycles. The maximum absolute atomic E-state index is 13.5. The maximum Gasteiger partial charge on any atom is 0.171 e. The summed E-state index contributed by atoms with van der Waals surface area (Å²) >= 11 is 5.28. The minimum absolute atomic E-state index is 0.281. The average molecular weight is 280 g/mol. The lowest BCUT2D eigenvalue weighted by Gasteiger charge is -2.35. The molecule has 0 saturated heterocycles. The van der Waals surface area contributed by atoms with Crippen molar-refractivity contribution in [3.63, 3.8) is 0 Å². The fourth-order valence-corrected chi connectivity index (χ4v) is 2.94. The molecule has 19 heavy (non-hydrogen) atoms. The number of anilines is 1. The highest BCUT2D eigenvalue weighted by Gasteiger charge is 2.27. The minimum Gasteiger partial charge on any atom is -0.359 e. The van der Waals surface area contributed by atoms with Gasteiger partial charge in [-0.1, -0.05) is 38.8 Å². The van der Waals surface area contributed by atoms with E-state index < -0.39 is 0 Å². The van der Waals surface area contributed by atoms with Gasteiger partial charge in [0.15, 0.2) is 5.11 Å². The molecule has 0 aromatic heterocycles. The molecule has 0 unspecified atom stereocenters. The predicted octanol–water partition coefficient (Wildman–Crippen LogP) is 3.94. The van der Waals surface area contributed by atoms with Crippen LogP contribution < -0.4 is 10.6 Å². The van der Waals surface area contributed by atoms with Crippen LogP contribution in [0.25, 0.3) is 0 Å². The Morgan fingerprint density at radius 1 is 1.26 bits per heavy atom. The van der Waals surface area contributed by atoms with Crippen molar-refractivity contribution in [1.29, 1.82) is 0 Å². The first-order valence-electron chi connectivity index (χ1n) is 6.90. The zero-order valence-corrected chi connectivity index (χ0v) is 12.3. The summed E-state index contributed by atoms with van der Waals surface area (Å²) in [5.41, 5.74) is 0.427. The van der Waals surface area contributed by atoms with Crippen LogP contribution in [0.5, 0.6) is 0 Å². The summed E-state index contributed by atoms with van der Waals surface area (Å²) in [6, 6.07) is 6.96. The number of hydrogen-bond donors (Lipinski definition) is 2. The van der Waals surface area contributed by atoms with E-state index in [0.29, 0.717) is 28.7 Å². The van der Waals surface area contributed by atoms with Crippen molar-refractivity contribution in [2.24, 2.45) is 11.8 Å². The summed E-state index contributed by atoms with van der Waals surface area (Å²) in [4.78, 5) is 0. The van der Waals surface area contributed by atoms with Crippen molar-refractivity contribution >= 4 is 23.0 Å². The van der Waals surface area contributed by atoms with Crippen molar-refractivity contribution < 1.29 is 4.39 Å². The van der Waals surface area contributed by atoms with E-state index in [1.807, 2.05) is 0 Å². The quantitative estimate of drug-likeness (QED) is 0.803. The van der Waals surface area contributed by atoms with Gasteiger partial charge in [0.1, 0.15) is 5.82 Å². The van der Waals surface area contributed by atoms with Crippen LogP contribution in [0.15, 0.2) is 24.3 Å². The Balaban J connectivity index is 1.93. The van der Waals surface area contributed by atoms with Crippen molar-refractivity contribution in [2.75, 3.05) is 5.32 Å². The number of rotatable bonds is 2. The molecule has 2 rings (SSSR count). The average Bonchev–Trinajstić information content (AvgIpc) is 2.38. The van der Waals surface area contributed by atoms with Gasteiger partial charge in [0, 0.05) is 6.04 Å². The van der Waals surface area contributed by atoms with E-state index in [2.05, 4.69) is 24.5 Å². The number of halogens is 1. The second kappa shape index (κ2) is 6.33. The van der Waals surface area contributed by atoms with Crippen LogP contribution in [0, 0.1) is 17.7 Å². The summed E-state index contributed by atoms with van der Waals surface area (Å²) in [6.07, 6.45) is 3.64. The van der Waals surface area contributed by atoms with Crippen LogP contribution in [-0.2, 0) is 0 Å². The molecule has 1 aromatic rings. The molecule has 1 aromatic carbocycles. The number of thiocarbonyl (C=S) groups is 1. The lowest BCUT2D eigenvalue weighted by atomic mass is 9.78. The largest absolute Gasteiger partial charge is 0.359 e. The Morgan fingerprint density at radius 2 is 2.00 bits per heavy atom. The zero-order valence-electron chi connectivity index (χ0n) is 11.4. The molecule has 0 spiro atoms. The Morgan fingerprint density at radius 3 is 2.74 bits per heavy atom. The van der Waals surface area contributed by atoms with Gasteiger partial charge in [-0.25, -0.2) is 4.39 Å². The number of nitrogens with one attached hydrogen (secondary N) is 2. The van der Waals surface area contributed by atoms with Crippen LogP contribution in [0.1, 0.15) is 33.1 Å². The second-order valence-electron chi connectivity index (χ2n) is 5.45. The Hall–Kier alpha value is -1.16. The SMILES string of the molecule is C[C@@H]1[C@@H](C)CCC[C@H]1NC(=S)Nc1ccccc1F. The molecule has 0 amide bonds. The first kappa shape index (κ1) is 14.3. The topological polar surface area (TPSA) is 24.1 Å². The molecule has 1 aliphatic carbocycles. The third kappa shape index (κ3) is 3.66. The summed E-state index contributed by atoms with van der Waals surface area (Å²) < 4.78 is 13.5. The molecule has 0 heterocycles. The summed E-state index contributed by atoms with van der Waals surface area (Å²) in [5, 5.41) is 6.78. The van der Waals surface area contributed by atoms with Gasteiger partial charge < -0.3 is 10.6 Å². The lowest BCUT2D eigenvalue weighted by molar-refractivity contribution is 0.225. The fraction of sp³-hybridized carbons (Fsp3) is 0.533. The smallest absolute Gasteiger partial charge is 0.171 e. The number of benzene rings is 1.